The summed E-state index contributed by atoms with van der Waals surface area (Å²) in [6.45, 7) is 13.2. The molecule has 6 nitrogen and oxygen atoms in total. The standard InChI is InChI=1S/C34H44BNO5/c1-20(2)15-22(16-31(37)39-19-28-26-13-9-7-11-24(26)25-12-8-10-14-27(25)28)32(38)36-21(3)35-40-30-18-23-17-29(33(23,4)5)34(30,6)41-35/h7-14,20-23,28-30H,15-19H2,1-6H3,(H,36,38)/t21-,22+,23-,29-,30+,34-/m0/s1. The lowest BCUT2D eigenvalue weighted by Crippen LogP contribution is -2.65. The maximum absolute atomic E-state index is 13.5. The van der Waals surface area contributed by atoms with Crippen molar-refractivity contribution in [3.63, 3.8) is 0 Å². The second-order valence-electron chi connectivity index (χ2n) is 14.1. The molecule has 0 radical (unpaired) electrons. The van der Waals surface area contributed by atoms with E-state index in [1.165, 1.54) is 28.7 Å². The van der Waals surface area contributed by atoms with Crippen molar-refractivity contribution < 1.29 is 23.6 Å². The van der Waals surface area contributed by atoms with E-state index in [1.54, 1.807) is 0 Å². The number of hydrogen-bond donors (Lipinski definition) is 1. The molecule has 0 spiro atoms. The van der Waals surface area contributed by atoms with Crippen LogP contribution in [0.3, 0.4) is 0 Å². The molecule has 7 heteroatoms. The maximum atomic E-state index is 13.5. The number of rotatable bonds is 9. The number of fused-ring (bicyclic) bond motifs is 3. The molecule has 218 valence electrons. The van der Waals surface area contributed by atoms with Crippen molar-refractivity contribution in [2.75, 3.05) is 6.61 Å². The van der Waals surface area contributed by atoms with Gasteiger partial charge in [0.25, 0.3) is 0 Å². The van der Waals surface area contributed by atoms with E-state index in [0.717, 1.165) is 6.42 Å². The Balaban J connectivity index is 1.07. The summed E-state index contributed by atoms with van der Waals surface area (Å²) < 4.78 is 18.8. The van der Waals surface area contributed by atoms with Crippen molar-refractivity contribution in [2.24, 2.45) is 29.1 Å². The van der Waals surface area contributed by atoms with Crippen LogP contribution in [-0.4, -0.2) is 43.2 Å². The molecule has 0 unspecified atom stereocenters. The molecule has 1 heterocycles. The molecule has 3 saturated carbocycles. The number of amides is 1. The molecule has 4 fully saturated rings. The van der Waals surface area contributed by atoms with Crippen LogP contribution in [0.2, 0.25) is 0 Å². The third-order valence-corrected chi connectivity index (χ3v) is 10.7. The van der Waals surface area contributed by atoms with Crippen molar-refractivity contribution in [3.05, 3.63) is 59.7 Å². The summed E-state index contributed by atoms with van der Waals surface area (Å²) in [5.41, 5.74) is 4.70. The predicted molar refractivity (Wildman–Crippen MR) is 160 cm³/mol. The van der Waals surface area contributed by atoms with Crippen molar-refractivity contribution >= 4 is 19.0 Å². The molecular weight excluding hydrogens is 513 g/mol. The molecule has 4 aliphatic carbocycles. The Morgan fingerprint density at radius 3 is 2.24 bits per heavy atom. The Morgan fingerprint density at radius 2 is 1.63 bits per heavy atom. The minimum absolute atomic E-state index is 0.00125. The van der Waals surface area contributed by atoms with Gasteiger partial charge in [0.2, 0.25) is 5.91 Å². The maximum Gasteiger partial charge on any atom is 0.481 e. The van der Waals surface area contributed by atoms with Crippen molar-refractivity contribution in [2.45, 2.75) is 90.8 Å². The van der Waals surface area contributed by atoms with Crippen molar-refractivity contribution in [3.8, 4) is 11.1 Å². The Hall–Kier alpha value is -2.64. The van der Waals surface area contributed by atoms with Crippen LogP contribution < -0.4 is 5.32 Å². The summed E-state index contributed by atoms with van der Waals surface area (Å²) in [6.07, 6.45) is 2.92. The molecule has 1 amide bonds. The lowest BCUT2D eigenvalue weighted by atomic mass is 9.43. The van der Waals surface area contributed by atoms with Gasteiger partial charge in [-0.25, -0.2) is 0 Å². The van der Waals surface area contributed by atoms with Gasteiger partial charge in [-0.1, -0.05) is 76.2 Å². The van der Waals surface area contributed by atoms with E-state index in [2.05, 4.69) is 64.2 Å². The van der Waals surface area contributed by atoms with E-state index in [-0.39, 0.29) is 59.8 Å². The predicted octanol–water partition coefficient (Wildman–Crippen LogP) is 6.17. The summed E-state index contributed by atoms with van der Waals surface area (Å²) in [5.74, 6) is 0.130. The fourth-order valence-electron chi connectivity index (χ4n) is 8.25. The molecule has 2 aromatic carbocycles. The Bertz CT molecular complexity index is 1280. The highest BCUT2D eigenvalue weighted by molar-refractivity contribution is 6.47. The second-order valence-corrected chi connectivity index (χ2v) is 14.1. The minimum Gasteiger partial charge on any atom is -0.465 e. The van der Waals surface area contributed by atoms with Gasteiger partial charge in [0.15, 0.2) is 0 Å². The fourth-order valence-corrected chi connectivity index (χ4v) is 8.25. The van der Waals surface area contributed by atoms with E-state index < -0.39 is 13.0 Å². The molecule has 7 rings (SSSR count). The highest BCUT2D eigenvalue weighted by atomic mass is 16.7. The number of carbonyl (C=O) groups excluding carboxylic acids is 2. The minimum atomic E-state index is -0.488. The lowest BCUT2D eigenvalue weighted by molar-refractivity contribution is -0.199. The van der Waals surface area contributed by atoms with Crippen LogP contribution in [0.5, 0.6) is 0 Å². The fraction of sp³-hybridized carbons (Fsp3) is 0.588. The van der Waals surface area contributed by atoms with Gasteiger partial charge in [-0.05, 0) is 78.5 Å². The number of hydrogen-bond acceptors (Lipinski definition) is 5. The third kappa shape index (κ3) is 4.93. The largest absolute Gasteiger partial charge is 0.481 e. The van der Waals surface area contributed by atoms with Gasteiger partial charge >= 0.3 is 13.1 Å². The van der Waals surface area contributed by atoms with Crippen LogP contribution in [-0.2, 0) is 23.6 Å². The monoisotopic (exact) mass is 557 g/mol. The van der Waals surface area contributed by atoms with Crippen LogP contribution in [0.1, 0.15) is 84.3 Å². The normalized spacial score (nSPS) is 28.8. The quantitative estimate of drug-likeness (QED) is 0.295. The summed E-state index contributed by atoms with van der Waals surface area (Å²) >= 11 is 0. The topological polar surface area (TPSA) is 73.9 Å². The van der Waals surface area contributed by atoms with Crippen LogP contribution in [0.25, 0.3) is 11.1 Å². The highest BCUT2D eigenvalue weighted by Gasteiger charge is 2.68. The molecule has 2 bridgehead atoms. The van der Waals surface area contributed by atoms with E-state index in [4.69, 9.17) is 14.0 Å². The van der Waals surface area contributed by atoms with Gasteiger partial charge in [0.05, 0.1) is 24.1 Å². The first-order valence-electron chi connectivity index (χ1n) is 15.5. The van der Waals surface area contributed by atoms with E-state index in [1.807, 2.05) is 31.2 Å². The summed E-state index contributed by atoms with van der Waals surface area (Å²) in [4.78, 5) is 26.6. The van der Waals surface area contributed by atoms with Gasteiger partial charge in [-0.15, -0.1) is 0 Å². The average Bonchev–Trinajstić information content (AvgIpc) is 3.46. The van der Waals surface area contributed by atoms with Gasteiger partial charge in [0, 0.05) is 11.8 Å². The molecule has 1 aliphatic heterocycles. The molecule has 2 aromatic rings. The summed E-state index contributed by atoms with van der Waals surface area (Å²) in [7, 11) is -0.488. The Morgan fingerprint density at radius 1 is 1.00 bits per heavy atom. The number of nitrogens with one attached hydrogen (secondary N) is 1. The van der Waals surface area contributed by atoms with Gasteiger partial charge in [-0.2, -0.15) is 0 Å². The molecule has 6 atom stereocenters. The van der Waals surface area contributed by atoms with Crippen molar-refractivity contribution in [1.82, 2.24) is 5.32 Å². The van der Waals surface area contributed by atoms with Gasteiger partial charge in [0.1, 0.15) is 6.61 Å². The first kappa shape index (κ1) is 28.5. The molecule has 1 saturated heterocycles. The molecular formula is C34H44BNO5. The second kappa shape index (κ2) is 10.6. The van der Waals surface area contributed by atoms with E-state index in [0.29, 0.717) is 18.3 Å². The van der Waals surface area contributed by atoms with Crippen molar-refractivity contribution in [1.29, 1.82) is 0 Å². The first-order chi connectivity index (χ1) is 19.5. The number of esters is 1. The number of carbonyl (C=O) groups is 2. The van der Waals surface area contributed by atoms with Crippen LogP contribution in [0.4, 0.5) is 0 Å². The Labute approximate surface area is 245 Å². The number of ether oxygens (including phenoxy) is 1. The third-order valence-electron chi connectivity index (χ3n) is 10.7. The Kier molecular flexibility index (Phi) is 7.34. The zero-order chi connectivity index (χ0) is 29.1. The SMILES string of the molecule is CC(C)C[C@H](CC(=O)OCC1c2ccccc2-c2ccccc21)C(=O)N[C@@H](C)B1O[C@@H]2C[C@@H]3C[C@@H](C3(C)C)[C@]2(C)O1. The number of benzene rings is 2. The zero-order valence-electron chi connectivity index (χ0n) is 25.3. The molecule has 0 aromatic heterocycles. The van der Waals surface area contributed by atoms with Crippen LogP contribution >= 0.6 is 0 Å². The van der Waals surface area contributed by atoms with E-state index >= 15 is 0 Å². The van der Waals surface area contributed by atoms with Crippen LogP contribution in [0.15, 0.2) is 48.5 Å². The highest BCUT2D eigenvalue weighted by Crippen LogP contribution is 2.65. The smallest absolute Gasteiger partial charge is 0.465 e. The summed E-state index contributed by atoms with van der Waals surface area (Å²) in [6, 6.07) is 16.6. The molecule has 1 N–H and O–H groups in total. The lowest BCUT2D eigenvalue weighted by Gasteiger charge is -2.64. The summed E-state index contributed by atoms with van der Waals surface area (Å²) in [5, 5.41) is 3.14. The average molecular weight is 558 g/mol. The van der Waals surface area contributed by atoms with Gasteiger partial charge in [-0.3, -0.25) is 9.59 Å². The first-order valence-corrected chi connectivity index (χ1v) is 15.5. The van der Waals surface area contributed by atoms with Gasteiger partial charge < -0.3 is 19.4 Å². The van der Waals surface area contributed by atoms with Crippen LogP contribution in [0, 0.1) is 29.1 Å². The molecule has 41 heavy (non-hydrogen) atoms. The molecule has 5 aliphatic rings. The van der Waals surface area contributed by atoms with E-state index in [9.17, 15) is 9.59 Å². The zero-order valence-corrected chi connectivity index (χ0v) is 25.3.